The second-order valence-corrected chi connectivity index (χ2v) is 8.44. The molecule has 0 N–H and O–H groups in total. The smallest absolute Gasteiger partial charge is 0.199 e. The van der Waals surface area contributed by atoms with Crippen molar-refractivity contribution in [2.45, 2.75) is 99.5 Å². The predicted molar refractivity (Wildman–Crippen MR) is 95.1 cm³/mol. The molecule has 0 spiro atoms. The van der Waals surface area contributed by atoms with Crippen molar-refractivity contribution >= 4 is 22.6 Å². The van der Waals surface area contributed by atoms with Crippen LogP contribution in [0.4, 0.5) is 39.5 Å². The summed E-state index contributed by atoms with van der Waals surface area (Å²) in [5.41, 5.74) is 0. The lowest BCUT2D eigenvalue weighted by Crippen LogP contribution is -2.63. The van der Waals surface area contributed by atoms with Gasteiger partial charge in [0.15, 0.2) is 0 Å². The summed E-state index contributed by atoms with van der Waals surface area (Å²) in [6.07, 6.45) is 0.500. The van der Waals surface area contributed by atoms with Crippen LogP contribution in [0, 0.1) is 5.92 Å². The van der Waals surface area contributed by atoms with Gasteiger partial charge in [0.2, 0.25) is 0 Å². The number of unbranched alkanes of at least 4 members (excludes halogenated alkanes) is 7. The van der Waals surface area contributed by atoms with Crippen molar-refractivity contribution in [2.24, 2.45) is 5.92 Å². The molecule has 0 aromatic heterocycles. The third kappa shape index (κ3) is 6.83. The van der Waals surface area contributed by atoms with E-state index in [4.69, 9.17) is 0 Å². The minimum absolute atomic E-state index is 0.0416. The van der Waals surface area contributed by atoms with E-state index in [9.17, 15) is 39.5 Å². The summed E-state index contributed by atoms with van der Waals surface area (Å²) in [5, 5.41) is 0. The normalized spacial score (nSPS) is 16.4. The lowest BCUT2D eigenvalue weighted by atomic mass is 9.89. The van der Waals surface area contributed by atoms with Gasteiger partial charge in [0.25, 0.3) is 0 Å². The Balaban J connectivity index is 4.69. The topological polar surface area (TPSA) is 0 Å². The maximum absolute atomic E-state index is 13.9. The molecule has 10 heteroatoms. The summed E-state index contributed by atoms with van der Waals surface area (Å²) >= 11 is 1.42. The minimum Gasteiger partial charge on any atom is -0.199 e. The zero-order valence-electron chi connectivity index (χ0n) is 15.3. The van der Waals surface area contributed by atoms with Gasteiger partial charge < -0.3 is 0 Å². The molecule has 0 aliphatic rings. The van der Waals surface area contributed by atoms with Gasteiger partial charge in [0.05, 0.1) is 0 Å². The zero-order chi connectivity index (χ0) is 21.5. The molecule has 0 saturated heterocycles. The van der Waals surface area contributed by atoms with Gasteiger partial charge in [0, 0.05) is 9.84 Å². The predicted octanol–water partition coefficient (Wildman–Crippen LogP) is 8.43. The van der Waals surface area contributed by atoms with Gasteiger partial charge in [-0.25, -0.2) is 0 Å². The SMILES string of the molecule is CCCCCCCCCCC(I)C(C)C(F)(F)C(F)(F)C(F)(F)C(F)(F)F. The molecule has 0 aromatic carbocycles. The van der Waals surface area contributed by atoms with Crippen LogP contribution in [0.1, 0.15) is 71.6 Å². The fraction of sp³-hybridized carbons (Fsp3) is 1.00. The molecule has 0 aromatic rings. The van der Waals surface area contributed by atoms with Gasteiger partial charge in [-0.15, -0.1) is 0 Å². The molecule has 0 saturated carbocycles. The van der Waals surface area contributed by atoms with Crippen molar-refractivity contribution in [3.8, 4) is 0 Å². The van der Waals surface area contributed by atoms with Crippen LogP contribution >= 0.6 is 22.6 Å². The molecule has 0 aliphatic carbocycles. The van der Waals surface area contributed by atoms with Crippen LogP contribution < -0.4 is 0 Å². The van der Waals surface area contributed by atoms with E-state index in [2.05, 4.69) is 6.92 Å². The fourth-order valence-electron chi connectivity index (χ4n) is 2.62. The van der Waals surface area contributed by atoms with Crippen LogP contribution in [0.2, 0.25) is 0 Å². The van der Waals surface area contributed by atoms with Gasteiger partial charge in [-0.3, -0.25) is 0 Å². The van der Waals surface area contributed by atoms with Crippen molar-refractivity contribution in [2.75, 3.05) is 0 Å². The number of halogens is 10. The molecule has 164 valence electrons. The summed E-state index contributed by atoms with van der Waals surface area (Å²) in [6, 6.07) is 0. The van der Waals surface area contributed by atoms with Crippen molar-refractivity contribution < 1.29 is 39.5 Å². The fourth-order valence-corrected chi connectivity index (χ4v) is 3.52. The Labute approximate surface area is 167 Å². The van der Waals surface area contributed by atoms with E-state index in [-0.39, 0.29) is 6.42 Å². The van der Waals surface area contributed by atoms with Crippen LogP contribution in [0.25, 0.3) is 0 Å². The first-order chi connectivity index (χ1) is 12.1. The number of hydrogen-bond acceptors (Lipinski definition) is 0. The van der Waals surface area contributed by atoms with Crippen LogP contribution in [-0.4, -0.2) is 27.9 Å². The average Bonchev–Trinajstić information content (AvgIpc) is 2.54. The maximum Gasteiger partial charge on any atom is 0.460 e. The largest absolute Gasteiger partial charge is 0.460 e. The Morgan fingerprint density at radius 3 is 1.48 bits per heavy atom. The molecule has 2 atom stereocenters. The molecule has 0 fully saturated rings. The maximum atomic E-state index is 13.9. The van der Waals surface area contributed by atoms with Crippen LogP contribution in [0.15, 0.2) is 0 Å². The summed E-state index contributed by atoms with van der Waals surface area (Å²) in [5.74, 6) is -21.2. The van der Waals surface area contributed by atoms with Gasteiger partial charge in [-0.2, -0.15) is 39.5 Å². The molecule has 0 amide bonds. The Morgan fingerprint density at radius 1 is 0.667 bits per heavy atom. The van der Waals surface area contributed by atoms with Crippen molar-refractivity contribution in [1.82, 2.24) is 0 Å². The highest BCUT2D eigenvalue weighted by molar-refractivity contribution is 14.1. The molecule has 0 radical (unpaired) electrons. The van der Waals surface area contributed by atoms with Crippen molar-refractivity contribution in [3.63, 3.8) is 0 Å². The third-order valence-corrected chi connectivity index (χ3v) is 6.32. The van der Waals surface area contributed by atoms with Gasteiger partial charge >= 0.3 is 23.9 Å². The Bertz CT molecular complexity index is 421. The number of hydrogen-bond donors (Lipinski definition) is 0. The first-order valence-electron chi connectivity index (χ1n) is 8.98. The monoisotopic (exact) mass is 528 g/mol. The van der Waals surface area contributed by atoms with Crippen LogP contribution in [0.5, 0.6) is 0 Å². The third-order valence-electron chi connectivity index (χ3n) is 4.62. The Hall–Kier alpha value is 0.1000. The van der Waals surface area contributed by atoms with E-state index < -0.39 is 33.8 Å². The Kier molecular flexibility index (Phi) is 10.8. The molecular weight excluding hydrogens is 502 g/mol. The highest BCUT2D eigenvalue weighted by Gasteiger charge is 2.82. The van der Waals surface area contributed by atoms with E-state index in [1.165, 1.54) is 22.6 Å². The average molecular weight is 528 g/mol. The van der Waals surface area contributed by atoms with E-state index in [1.807, 2.05) is 0 Å². The van der Waals surface area contributed by atoms with Crippen molar-refractivity contribution in [3.05, 3.63) is 0 Å². The Morgan fingerprint density at radius 2 is 1.07 bits per heavy atom. The number of rotatable bonds is 13. The number of alkyl halides is 10. The highest BCUT2D eigenvalue weighted by Crippen LogP contribution is 2.56. The zero-order valence-corrected chi connectivity index (χ0v) is 17.5. The lowest BCUT2D eigenvalue weighted by molar-refractivity contribution is -0.402. The van der Waals surface area contributed by atoms with E-state index in [1.54, 1.807) is 0 Å². The van der Waals surface area contributed by atoms with Crippen LogP contribution in [-0.2, 0) is 0 Å². The molecule has 27 heavy (non-hydrogen) atoms. The lowest BCUT2D eigenvalue weighted by Gasteiger charge is -2.38. The molecule has 0 rings (SSSR count). The van der Waals surface area contributed by atoms with E-state index in [0.29, 0.717) is 19.8 Å². The standard InChI is InChI=1S/C17H26F9I/c1-3-4-5-6-7-8-9-10-11-13(27)12(2)14(18,19)15(20,21)16(22,23)17(24,25)26/h12-13H,3-11H2,1-2H3. The second-order valence-electron chi connectivity index (χ2n) is 6.84. The highest BCUT2D eigenvalue weighted by atomic mass is 127. The molecular formula is C17H26F9I. The van der Waals surface area contributed by atoms with E-state index >= 15 is 0 Å². The molecule has 0 aliphatic heterocycles. The summed E-state index contributed by atoms with van der Waals surface area (Å²) in [7, 11) is 0. The first kappa shape index (κ1) is 27.1. The molecule has 0 bridgehead atoms. The van der Waals surface area contributed by atoms with Crippen LogP contribution in [0.3, 0.4) is 0 Å². The van der Waals surface area contributed by atoms with Gasteiger partial charge in [0.1, 0.15) is 0 Å². The van der Waals surface area contributed by atoms with Gasteiger partial charge in [-0.05, 0) is 6.42 Å². The van der Waals surface area contributed by atoms with E-state index in [0.717, 1.165) is 38.5 Å². The molecule has 2 unspecified atom stereocenters. The quantitative estimate of drug-likeness (QED) is 0.0975. The van der Waals surface area contributed by atoms with Gasteiger partial charge in [-0.1, -0.05) is 87.8 Å². The summed E-state index contributed by atoms with van der Waals surface area (Å²) < 4.78 is 116. The minimum atomic E-state index is -6.81. The molecule has 0 nitrogen and oxygen atoms in total. The summed E-state index contributed by atoms with van der Waals surface area (Å²) in [4.78, 5) is 0. The summed E-state index contributed by atoms with van der Waals surface area (Å²) in [6.45, 7) is 2.66. The molecule has 0 heterocycles. The van der Waals surface area contributed by atoms with Crippen molar-refractivity contribution in [1.29, 1.82) is 0 Å². The first-order valence-corrected chi connectivity index (χ1v) is 10.2. The second kappa shape index (κ2) is 10.8.